The number of aliphatic hydroxyl groups is 1. The molecule has 2 unspecified atom stereocenters. The van der Waals surface area contributed by atoms with Crippen molar-refractivity contribution in [2.24, 2.45) is 0 Å². The highest BCUT2D eigenvalue weighted by molar-refractivity contribution is 7.05. The van der Waals surface area contributed by atoms with Gasteiger partial charge in [0.1, 0.15) is 0 Å². The van der Waals surface area contributed by atoms with Crippen LogP contribution in [0, 0.1) is 6.92 Å². The molecule has 2 rings (SSSR count). The van der Waals surface area contributed by atoms with Gasteiger partial charge in [-0.1, -0.05) is 0 Å². The fraction of sp³-hybridized carbons (Fsp3) is 0.667. The van der Waals surface area contributed by atoms with Gasteiger partial charge in [-0.05, 0) is 43.9 Å². The molecule has 3 nitrogen and oxygen atoms in total. The number of piperidine rings is 1. The summed E-state index contributed by atoms with van der Waals surface area (Å²) in [7, 11) is 0. The van der Waals surface area contributed by atoms with Crippen LogP contribution < -0.4 is 5.32 Å². The van der Waals surface area contributed by atoms with E-state index in [9.17, 15) is 5.11 Å². The average molecular weight is 198 g/mol. The minimum Gasteiger partial charge on any atom is -0.391 e. The van der Waals surface area contributed by atoms with Gasteiger partial charge in [0.05, 0.1) is 17.8 Å². The molecule has 1 aliphatic heterocycles. The maximum atomic E-state index is 9.73. The van der Waals surface area contributed by atoms with Crippen LogP contribution in [0.1, 0.15) is 29.5 Å². The van der Waals surface area contributed by atoms with Gasteiger partial charge in [-0.3, -0.25) is 0 Å². The lowest BCUT2D eigenvalue weighted by Gasteiger charge is -2.27. The van der Waals surface area contributed by atoms with Crippen molar-refractivity contribution in [2.45, 2.75) is 31.9 Å². The molecule has 1 aromatic rings. The van der Waals surface area contributed by atoms with Crippen molar-refractivity contribution in [2.75, 3.05) is 6.54 Å². The highest BCUT2D eigenvalue weighted by atomic mass is 32.1. The number of aliphatic hydroxyl groups excluding tert-OH is 1. The Bertz CT molecular complexity index is 287. The fourth-order valence-electron chi connectivity index (χ4n) is 1.71. The lowest BCUT2D eigenvalue weighted by atomic mass is 9.99. The Hall–Kier alpha value is -0.450. The van der Waals surface area contributed by atoms with Crippen LogP contribution in [0.25, 0.3) is 0 Å². The smallest absolute Gasteiger partial charge is 0.0769 e. The van der Waals surface area contributed by atoms with Crippen molar-refractivity contribution < 1.29 is 5.11 Å². The van der Waals surface area contributed by atoms with Gasteiger partial charge in [0, 0.05) is 4.88 Å². The maximum absolute atomic E-state index is 9.73. The third kappa shape index (κ3) is 1.90. The standard InChI is InChI=1S/C9H14N2OS/c1-6-5-7(11-13-6)9-8(12)3-2-4-10-9/h5,8-10,12H,2-4H2,1H3. The van der Waals surface area contributed by atoms with Gasteiger partial charge >= 0.3 is 0 Å². The van der Waals surface area contributed by atoms with Gasteiger partial charge in [0.25, 0.3) is 0 Å². The van der Waals surface area contributed by atoms with Crippen molar-refractivity contribution in [3.8, 4) is 0 Å². The summed E-state index contributed by atoms with van der Waals surface area (Å²) < 4.78 is 4.31. The van der Waals surface area contributed by atoms with Crippen LogP contribution in [-0.2, 0) is 0 Å². The van der Waals surface area contributed by atoms with Crippen molar-refractivity contribution >= 4 is 11.5 Å². The molecule has 0 saturated carbocycles. The zero-order chi connectivity index (χ0) is 9.26. The van der Waals surface area contributed by atoms with E-state index in [1.807, 2.05) is 6.92 Å². The highest BCUT2D eigenvalue weighted by Crippen LogP contribution is 2.24. The van der Waals surface area contributed by atoms with E-state index in [2.05, 4.69) is 15.8 Å². The fourth-order valence-corrected chi connectivity index (χ4v) is 2.29. The van der Waals surface area contributed by atoms with E-state index in [1.54, 1.807) is 0 Å². The molecule has 72 valence electrons. The van der Waals surface area contributed by atoms with E-state index in [0.29, 0.717) is 0 Å². The molecule has 4 heteroatoms. The molecule has 0 radical (unpaired) electrons. The van der Waals surface area contributed by atoms with Crippen LogP contribution >= 0.6 is 11.5 Å². The SMILES string of the molecule is Cc1cc(C2NCCCC2O)ns1. The first-order valence-corrected chi connectivity index (χ1v) is 5.39. The number of rotatable bonds is 1. The zero-order valence-corrected chi connectivity index (χ0v) is 8.47. The van der Waals surface area contributed by atoms with Crippen LogP contribution in [0.4, 0.5) is 0 Å². The summed E-state index contributed by atoms with van der Waals surface area (Å²) in [5.74, 6) is 0. The van der Waals surface area contributed by atoms with E-state index in [1.165, 1.54) is 16.4 Å². The Labute approximate surface area is 82.0 Å². The van der Waals surface area contributed by atoms with Crippen LogP contribution in [0.3, 0.4) is 0 Å². The molecule has 1 fully saturated rings. The number of hydrogen-bond acceptors (Lipinski definition) is 4. The third-order valence-corrected chi connectivity index (χ3v) is 3.10. The molecule has 0 aromatic carbocycles. The minimum atomic E-state index is -0.268. The average Bonchev–Trinajstić information content (AvgIpc) is 2.53. The first-order chi connectivity index (χ1) is 6.27. The molecule has 1 saturated heterocycles. The normalized spacial score (nSPS) is 29.1. The Morgan fingerprint density at radius 3 is 3.15 bits per heavy atom. The summed E-state index contributed by atoms with van der Waals surface area (Å²) in [6, 6.07) is 2.11. The summed E-state index contributed by atoms with van der Waals surface area (Å²) in [6.45, 7) is 3.02. The molecule has 1 aromatic heterocycles. The molecule has 0 bridgehead atoms. The number of nitrogens with zero attached hydrogens (tertiary/aromatic N) is 1. The van der Waals surface area contributed by atoms with Gasteiger partial charge in [0.15, 0.2) is 0 Å². The minimum absolute atomic E-state index is 0.0544. The van der Waals surface area contributed by atoms with Crippen molar-refractivity contribution in [1.82, 2.24) is 9.69 Å². The third-order valence-electron chi connectivity index (χ3n) is 2.39. The molecule has 1 aliphatic rings. The van der Waals surface area contributed by atoms with Gasteiger partial charge in [-0.25, -0.2) is 0 Å². The van der Waals surface area contributed by atoms with Crippen LogP contribution in [0.15, 0.2) is 6.07 Å². The summed E-state index contributed by atoms with van der Waals surface area (Å²) in [5.41, 5.74) is 0.995. The van der Waals surface area contributed by atoms with Crippen LogP contribution in [0.5, 0.6) is 0 Å². The van der Waals surface area contributed by atoms with Gasteiger partial charge in [0.2, 0.25) is 0 Å². The topological polar surface area (TPSA) is 45.1 Å². The second-order valence-corrected chi connectivity index (χ2v) is 4.51. The van der Waals surface area contributed by atoms with Crippen molar-refractivity contribution in [3.05, 3.63) is 16.6 Å². The first kappa shape index (κ1) is 9.12. The summed E-state index contributed by atoms with van der Waals surface area (Å²) in [5, 5.41) is 13.0. The van der Waals surface area contributed by atoms with E-state index in [-0.39, 0.29) is 12.1 Å². The van der Waals surface area contributed by atoms with Gasteiger partial charge in [-0.15, -0.1) is 0 Å². The van der Waals surface area contributed by atoms with Crippen molar-refractivity contribution in [3.63, 3.8) is 0 Å². The van der Waals surface area contributed by atoms with E-state index >= 15 is 0 Å². The molecular formula is C9H14N2OS. The quantitative estimate of drug-likeness (QED) is 0.713. The summed E-state index contributed by atoms with van der Waals surface area (Å²) in [6.07, 6.45) is 1.67. The van der Waals surface area contributed by atoms with Gasteiger partial charge in [-0.2, -0.15) is 4.37 Å². The van der Waals surface area contributed by atoms with E-state index < -0.39 is 0 Å². The monoisotopic (exact) mass is 198 g/mol. The molecular weight excluding hydrogens is 184 g/mol. The van der Waals surface area contributed by atoms with Gasteiger partial charge < -0.3 is 10.4 Å². The van der Waals surface area contributed by atoms with Crippen molar-refractivity contribution in [1.29, 1.82) is 0 Å². The molecule has 2 N–H and O–H groups in total. The zero-order valence-electron chi connectivity index (χ0n) is 7.66. The Morgan fingerprint density at radius 1 is 1.69 bits per heavy atom. The molecule has 13 heavy (non-hydrogen) atoms. The number of aromatic nitrogens is 1. The first-order valence-electron chi connectivity index (χ1n) is 4.62. The van der Waals surface area contributed by atoms with Crippen LogP contribution in [-0.4, -0.2) is 22.1 Å². The van der Waals surface area contributed by atoms with Crippen LogP contribution in [0.2, 0.25) is 0 Å². The Kier molecular flexibility index (Phi) is 2.62. The lowest BCUT2D eigenvalue weighted by Crippen LogP contribution is -2.37. The highest BCUT2D eigenvalue weighted by Gasteiger charge is 2.25. The molecule has 0 amide bonds. The predicted molar refractivity (Wildman–Crippen MR) is 52.8 cm³/mol. The lowest BCUT2D eigenvalue weighted by molar-refractivity contribution is 0.0951. The number of nitrogens with one attached hydrogen (secondary N) is 1. The predicted octanol–water partition coefficient (Wildman–Crippen LogP) is 1.24. The maximum Gasteiger partial charge on any atom is 0.0769 e. The summed E-state index contributed by atoms with van der Waals surface area (Å²) in [4.78, 5) is 1.20. The van der Waals surface area contributed by atoms with E-state index in [4.69, 9.17) is 0 Å². The largest absolute Gasteiger partial charge is 0.391 e. The number of aryl methyl sites for hydroxylation is 1. The Balaban J connectivity index is 2.14. The number of hydrogen-bond donors (Lipinski definition) is 2. The second-order valence-electron chi connectivity index (χ2n) is 3.50. The molecule has 2 atom stereocenters. The second kappa shape index (κ2) is 3.74. The summed E-state index contributed by atoms with van der Waals surface area (Å²) >= 11 is 1.50. The molecule has 2 heterocycles. The van der Waals surface area contributed by atoms with E-state index in [0.717, 1.165) is 25.1 Å². The molecule has 0 aliphatic carbocycles. The molecule has 0 spiro atoms. The Morgan fingerprint density at radius 2 is 2.54 bits per heavy atom.